The Morgan fingerprint density at radius 1 is 0.667 bits per heavy atom. The molecule has 0 aromatic heterocycles. The first-order valence-electron chi connectivity index (χ1n) is 5.24. The number of sulfone groups is 2. The van der Waals surface area contributed by atoms with E-state index in [-0.39, 0.29) is 23.0 Å². The van der Waals surface area contributed by atoms with E-state index in [4.69, 9.17) is 0 Å². The van der Waals surface area contributed by atoms with Gasteiger partial charge in [0.2, 0.25) is 0 Å². The Kier molecular flexibility index (Phi) is 6.43. The summed E-state index contributed by atoms with van der Waals surface area (Å²) >= 11 is 0. The van der Waals surface area contributed by atoms with Crippen molar-refractivity contribution in [3.63, 3.8) is 0 Å². The Bertz CT molecular complexity index is 318. The van der Waals surface area contributed by atoms with E-state index in [1.54, 1.807) is 13.8 Å². The molecule has 0 heterocycles. The summed E-state index contributed by atoms with van der Waals surface area (Å²) in [5, 5.41) is 0. The van der Waals surface area contributed by atoms with E-state index in [1.165, 1.54) is 0 Å². The van der Waals surface area contributed by atoms with Crippen LogP contribution in [0.25, 0.3) is 0 Å². The molecule has 0 radical (unpaired) electrons. The lowest BCUT2D eigenvalue weighted by molar-refractivity contribution is 0.588. The molecule has 6 heteroatoms. The fraction of sp³-hybridized carbons (Fsp3) is 1.00. The number of unbranched alkanes of at least 4 members (excludes halogenated alkanes) is 2. The van der Waals surface area contributed by atoms with Crippen LogP contribution in [0.4, 0.5) is 0 Å². The highest BCUT2D eigenvalue weighted by atomic mass is 32.2. The molecule has 0 aliphatic carbocycles. The van der Waals surface area contributed by atoms with Crippen molar-refractivity contribution in [2.75, 3.05) is 23.0 Å². The maximum absolute atomic E-state index is 11.1. The van der Waals surface area contributed by atoms with Crippen LogP contribution in [0.5, 0.6) is 0 Å². The Balaban J connectivity index is 3.66. The van der Waals surface area contributed by atoms with Gasteiger partial charge in [0.05, 0.1) is 11.5 Å². The quantitative estimate of drug-likeness (QED) is 0.608. The highest BCUT2D eigenvalue weighted by molar-refractivity contribution is 7.91. The first-order valence-corrected chi connectivity index (χ1v) is 8.88. The summed E-state index contributed by atoms with van der Waals surface area (Å²) in [6.07, 6.45) is 1.79. The second-order valence-electron chi connectivity index (χ2n) is 3.53. The summed E-state index contributed by atoms with van der Waals surface area (Å²) < 4.78 is 44.4. The van der Waals surface area contributed by atoms with E-state index in [0.717, 1.165) is 0 Å². The van der Waals surface area contributed by atoms with Crippen LogP contribution in [0.3, 0.4) is 0 Å². The molecule has 0 aromatic carbocycles. The summed E-state index contributed by atoms with van der Waals surface area (Å²) in [4.78, 5) is 0. The molecule has 0 saturated heterocycles. The topological polar surface area (TPSA) is 68.3 Å². The van der Waals surface area contributed by atoms with Gasteiger partial charge < -0.3 is 0 Å². The number of hydrogen-bond acceptors (Lipinski definition) is 4. The van der Waals surface area contributed by atoms with Crippen molar-refractivity contribution in [3.05, 3.63) is 0 Å². The van der Waals surface area contributed by atoms with Crippen molar-refractivity contribution in [1.29, 1.82) is 0 Å². The highest BCUT2D eigenvalue weighted by Crippen LogP contribution is 2.03. The molecular formula is C9H20O4S2. The molecule has 92 valence electrons. The van der Waals surface area contributed by atoms with E-state index >= 15 is 0 Å². The second kappa shape index (κ2) is 6.48. The zero-order valence-corrected chi connectivity index (χ0v) is 11.0. The molecule has 0 aromatic rings. The smallest absolute Gasteiger partial charge is 0.150 e. The molecule has 0 fully saturated rings. The predicted molar refractivity (Wildman–Crippen MR) is 62.5 cm³/mol. The second-order valence-corrected chi connectivity index (χ2v) is 8.48. The van der Waals surface area contributed by atoms with Gasteiger partial charge in [0.25, 0.3) is 0 Å². The third kappa shape index (κ3) is 7.79. The minimum Gasteiger partial charge on any atom is -0.229 e. The van der Waals surface area contributed by atoms with Gasteiger partial charge >= 0.3 is 0 Å². The fourth-order valence-corrected chi connectivity index (χ4v) is 2.97. The minimum absolute atomic E-state index is 0.167. The summed E-state index contributed by atoms with van der Waals surface area (Å²) in [5.41, 5.74) is 0. The van der Waals surface area contributed by atoms with Gasteiger partial charge in [-0.25, -0.2) is 16.8 Å². The van der Waals surface area contributed by atoms with E-state index in [9.17, 15) is 16.8 Å². The van der Waals surface area contributed by atoms with Gasteiger partial charge in [0.15, 0.2) is 0 Å². The van der Waals surface area contributed by atoms with Crippen molar-refractivity contribution in [2.24, 2.45) is 0 Å². The fourth-order valence-electron chi connectivity index (χ4n) is 1.11. The van der Waals surface area contributed by atoms with Crippen LogP contribution >= 0.6 is 0 Å². The molecule has 15 heavy (non-hydrogen) atoms. The highest BCUT2D eigenvalue weighted by Gasteiger charge is 2.09. The molecule has 0 bridgehead atoms. The molecule has 0 saturated carbocycles. The van der Waals surface area contributed by atoms with Gasteiger partial charge in [0, 0.05) is 11.5 Å². The Labute approximate surface area is 92.9 Å². The Morgan fingerprint density at radius 2 is 1.00 bits per heavy atom. The van der Waals surface area contributed by atoms with E-state index in [0.29, 0.717) is 19.3 Å². The third-order valence-electron chi connectivity index (χ3n) is 2.29. The zero-order valence-electron chi connectivity index (χ0n) is 9.40. The summed E-state index contributed by atoms with van der Waals surface area (Å²) in [7, 11) is -5.78. The maximum atomic E-state index is 11.1. The molecule has 0 aliphatic heterocycles. The van der Waals surface area contributed by atoms with Crippen molar-refractivity contribution >= 4 is 19.7 Å². The standard InChI is InChI=1S/C9H20O4S2/c1-3-14(10,11)8-6-5-7-9-15(12,13)4-2/h3-9H2,1-2H3. The van der Waals surface area contributed by atoms with E-state index in [1.807, 2.05) is 0 Å². The first kappa shape index (κ1) is 14.9. The normalized spacial score (nSPS) is 12.9. The molecule has 0 atom stereocenters. The van der Waals surface area contributed by atoms with Crippen LogP contribution in [0.1, 0.15) is 33.1 Å². The Hall–Kier alpha value is -0.100. The SMILES string of the molecule is CCS(=O)(=O)CCCCCS(=O)(=O)CC. The average Bonchev–Trinajstić information content (AvgIpc) is 2.17. The number of rotatable bonds is 8. The molecule has 0 spiro atoms. The van der Waals surface area contributed by atoms with Crippen molar-refractivity contribution in [2.45, 2.75) is 33.1 Å². The van der Waals surface area contributed by atoms with E-state index in [2.05, 4.69) is 0 Å². The van der Waals surface area contributed by atoms with Crippen LogP contribution in [0, 0.1) is 0 Å². The Morgan fingerprint density at radius 3 is 1.27 bits per heavy atom. The van der Waals surface area contributed by atoms with Crippen LogP contribution < -0.4 is 0 Å². The minimum atomic E-state index is -2.89. The monoisotopic (exact) mass is 256 g/mol. The van der Waals surface area contributed by atoms with Gasteiger partial charge in [0.1, 0.15) is 19.7 Å². The molecular weight excluding hydrogens is 236 g/mol. The van der Waals surface area contributed by atoms with Crippen LogP contribution in [0.2, 0.25) is 0 Å². The maximum Gasteiger partial charge on any atom is 0.150 e. The van der Waals surface area contributed by atoms with Crippen molar-refractivity contribution in [1.82, 2.24) is 0 Å². The van der Waals surface area contributed by atoms with Gasteiger partial charge in [-0.3, -0.25) is 0 Å². The molecule has 0 unspecified atom stereocenters. The van der Waals surface area contributed by atoms with Crippen molar-refractivity contribution < 1.29 is 16.8 Å². The van der Waals surface area contributed by atoms with Gasteiger partial charge in [-0.1, -0.05) is 20.3 Å². The van der Waals surface area contributed by atoms with Gasteiger partial charge in [-0.2, -0.15) is 0 Å². The lowest BCUT2D eigenvalue weighted by Gasteiger charge is -2.02. The van der Waals surface area contributed by atoms with Crippen molar-refractivity contribution in [3.8, 4) is 0 Å². The lowest BCUT2D eigenvalue weighted by Crippen LogP contribution is -2.11. The molecule has 0 aliphatic rings. The molecule has 0 rings (SSSR count). The third-order valence-corrected chi connectivity index (χ3v) is 5.87. The zero-order chi connectivity index (χ0) is 11.9. The summed E-state index contributed by atoms with van der Waals surface area (Å²) in [6.45, 7) is 3.24. The molecule has 0 N–H and O–H groups in total. The van der Waals surface area contributed by atoms with Crippen LogP contribution in [0.15, 0.2) is 0 Å². The van der Waals surface area contributed by atoms with E-state index < -0.39 is 19.7 Å². The largest absolute Gasteiger partial charge is 0.229 e. The first-order chi connectivity index (χ1) is 6.83. The van der Waals surface area contributed by atoms with Gasteiger partial charge in [-0.05, 0) is 12.8 Å². The van der Waals surface area contributed by atoms with Gasteiger partial charge in [-0.15, -0.1) is 0 Å². The van der Waals surface area contributed by atoms with Crippen LogP contribution in [-0.2, 0) is 19.7 Å². The summed E-state index contributed by atoms with van der Waals surface area (Å²) in [5.74, 6) is 0.686. The number of hydrogen-bond donors (Lipinski definition) is 0. The average molecular weight is 256 g/mol. The summed E-state index contributed by atoms with van der Waals surface area (Å²) in [6, 6.07) is 0. The molecule has 0 amide bonds. The lowest BCUT2D eigenvalue weighted by atomic mass is 10.3. The predicted octanol–water partition coefficient (Wildman–Crippen LogP) is 1.03. The van der Waals surface area contributed by atoms with Crippen LogP contribution in [-0.4, -0.2) is 39.8 Å². The molecule has 4 nitrogen and oxygen atoms in total.